The van der Waals surface area contributed by atoms with Crippen LogP contribution in [0.2, 0.25) is 0 Å². The molecule has 32 heavy (non-hydrogen) atoms. The normalized spacial score (nSPS) is 10.8. The van der Waals surface area contributed by atoms with E-state index in [0.717, 1.165) is 22.4 Å². The quantitative estimate of drug-likeness (QED) is 0.437. The molecule has 2 aromatic heterocycles. The summed E-state index contributed by atoms with van der Waals surface area (Å²) < 4.78 is 7.45. The fourth-order valence-electron chi connectivity index (χ4n) is 3.43. The Kier molecular flexibility index (Phi) is 5.28. The molecule has 1 N–H and O–H groups in total. The third-order valence-electron chi connectivity index (χ3n) is 4.93. The van der Waals surface area contributed by atoms with E-state index in [1.54, 1.807) is 10.8 Å². The van der Waals surface area contributed by atoms with Gasteiger partial charge in [0.2, 0.25) is 0 Å². The summed E-state index contributed by atoms with van der Waals surface area (Å²) in [5, 5.41) is 15.2. The second kappa shape index (κ2) is 8.69. The number of hydrogen-bond donors (Lipinski definition) is 1. The van der Waals surface area contributed by atoms with Crippen molar-refractivity contribution in [1.82, 2.24) is 19.8 Å². The number of amides is 1. The van der Waals surface area contributed by atoms with Gasteiger partial charge in [-0.2, -0.15) is 9.61 Å². The van der Waals surface area contributed by atoms with Crippen LogP contribution in [-0.4, -0.2) is 32.3 Å². The van der Waals surface area contributed by atoms with Crippen molar-refractivity contribution in [3.63, 3.8) is 0 Å². The van der Waals surface area contributed by atoms with Crippen molar-refractivity contribution >= 4 is 17.2 Å². The molecular weight excluding hydrogens is 402 g/mol. The van der Waals surface area contributed by atoms with Crippen molar-refractivity contribution in [3.8, 4) is 28.1 Å². The maximum Gasteiger partial charge on any atom is 0.262 e. The minimum absolute atomic E-state index is 0.0982. The zero-order chi connectivity index (χ0) is 21.8. The number of ether oxygens (including phenoxy) is 1. The second-order valence-electron chi connectivity index (χ2n) is 7.13. The van der Waals surface area contributed by atoms with Crippen molar-refractivity contribution in [3.05, 3.63) is 97.3 Å². The van der Waals surface area contributed by atoms with Gasteiger partial charge in [0, 0.05) is 16.8 Å². The average Bonchev–Trinajstić information content (AvgIpc) is 3.32. The summed E-state index contributed by atoms with van der Waals surface area (Å²) in [5.41, 5.74) is 4.94. The Bertz CT molecular complexity index is 1380. The number of nitrogens with zero attached hydrogens (tertiary/aromatic N) is 4. The lowest BCUT2D eigenvalue weighted by atomic mass is 10.1. The highest BCUT2D eigenvalue weighted by molar-refractivity contribution is 5.92. The molecule has 0 bridgehead atoms. The Labute approximate surface area is 184 Å². The summed E-state index contributed by atoms with van der Waals surface area (Å²) in [5.74, 6) is 0.418. The monoisotopic (exact) mass is 421 g/mol. The molecule has 0 unspecified atom stereocenters. The SMILES string of the molecule is O=C(COc1ccccc1-c1ccccc1)Nc1cccc(-c2ccc3nncn3n2)c1. The minimum Gasteiger partial charge on any atom is -0.483 e. The molecule has 5 aromatic rings. The van der Waals surface area contributed by atoms with Crippen LogP contribution >= 0.6 is 0 Å². The Hall–Kier alpha value is -4.52. The summed E-state index contributed by atoms with van der Waals surface area (Å²) in [7, 11) is 0. The summed E-state index contributed by atoms with van der Waals surface area (Å²) in [4.78, 5) is 12.5. The maximum atomic E-state index is 12.5. The summed E-state index contributed by atoms with van der Waals surface area (Å²) in [6.45, 7) is -0.0982. The van der Waals surface area contributed by atoms with Gasteiger partial charge in [-0.3, -0.25) is 4.79 Å². The van der Waals surface area contributed by atoms with Crippen molar-refractivity contribution < 1.29 is 9.53 Å². The highest BCUT2D eigenvalue weighted by atomic mass is 16.5. The number of fused-ring (bicyclic) bond motifs is 1. The number of rotatable bonds is 6. The fraction of sp³-hybridized carbons (Fsp3) is 0.0400. The molecule has 0 aliphatic carbocycles. The van der Waals surface area contributed by atoms with Gasteiger partial charge < -0.3 is 10.1 Å². The number of anilines is 1. The van der Waals surface area contributed by atoms with E-state index in [0.29, 0.717) is 17.1 Å². The van der Waals surface area contributed by atoms with Gasteiger partial charge in [0.15, 0.2) is 12.3 Å². The number of hydrogen-bond acceptors (Lipinski definition) is 5. The van der Waals surface area contributed by atoms with Crippen LogP contribution in [0.3, 0.4) is 0 Å². The predicted molar refractivity (Wildman–Crippen MR) is 122 cm³/mol. The van der Waals surface area contributed by atoms with Crippen LogP contribution in [0.4, 0.5) is 5.69 Å². The van der Waals surface area contributed by atoms with Gasteiger partial charge in [0.1, 0.15) is 12.1 Å². The summed E-state index contributed by atoms with van der Waals surface area (Å²) >= 11 is 0. The Balaban J connectivity index is 1.28. The highest BCUT2D eigenvalue weighted by Crippen LogP contribution is 2.29. The zero-order valence-corrected chi connectivity index (χ0v) is 17.1. The molecule has 0 aliphatic heterocycles. The van der Waals surface area contributed by atoms with Gasteiger partial charge in [-0.25, -0.2) is 0 Å². The molecule has 0 saturated carbocycles. The lowest BCUT2D eigenvalue weighted by Crippen LogP contribution is -2.20. The Morgan fingerprint density at radius 3 is 2.59 bits per heavy atom. The number of carbonyl (C=O) groups excluding carboxylic acids is 1. The molecule has 0 spiro atoms. The number of benzene rings is 3. The van der Waals surface area contributed by atoms with E-state index < -0.39 is 0 Å². The molecule has 0 radical (unpaired) electrons. The average molecular weight is 421 g/mol. The van der Waals surface area contributed by atoms with E-state index >= 15 is 0 Å². The largest absolute Gasteiger partial charge is 0.483 e. The van der Waals surface area contributed by atoms with Crippen LogP contribution in [0.15, 0.2) is 97.3 Å². The molecule has 0 saturated heterocycles. The third kappa shape index (κ3) is 4.17. The first-order valence-electron chi connectivity index (χ1n) is 10.1. The van der Waals surface area contributed by atoms with Crippen LogP contribution in [-0.2, 0) is 4.79 Å². The van der Waals surface area contributed by atoms with Gasteiger partial charge in [-0.1, -0.05) is 60.7 Å². The van der Waals surface area contributed by atoms with Crippen LogP contribution in [0.25, 0.3) is 28.0 Å². The highest BCUT2D eigenvalue weighted by Gasteiger charge is 2.10. The minimum atomic E-state index is -0.243. The summed E-state index contributed by atoms with van der Waals surface area (Å²) in [6, 6.07) is 28.8. The van der Waals surface area contributed by atoms with Crippen LogP contribution < -0.4 is 10.1 Å². The number of nitrogens with one attached hydrogen (secondary N) is 1. The smallest absolute Gasteiger partial charge is 0.262 e. The molecule has 3 aromatic carbocycles. The maximum absolute atomic E-state index is 12.5. The summed E-state index contributed by atoms with van der Waals surface area (Å²) in [6.07, 6.45) is 1.55. The van der Waals surface area contributed by atoms with E-state index in [-0.39, 0.29) is 12.5 Å². The Morgan fingerprint density at radius 2 is 1.69 bits per heavy atom. The van der Waals surface area contributed by atoms with Gasteiger partial charge in [-0.05, 0) is 35.9 Å². The van der Waals surface area contributed by atoms with Crippen molar-refractivity contribution in [2.24, 2.45) is 0 Å². The molecule has 7 heteroatoms. The first kappa shape index (κ1) is 19.4. The molecule has 156 valence electrons. The zero-order valence-electron chi connectivity index (χ0n) is 17.1. The number of para-hydroxylation sites is 1. The molecular formula is C25H19N5O2. The lowest BCUT2D eigenvalue weighted by molar-refractivity contribution is -0.118. The lowest BCUT2D eigenvalue weighted by Gasteiger charge is -2.12. The first-order chi connectivity index (χ1) is 15.8. The molecule has 7 nitrogen and oxygen atoms in total. The van der Waals surface area contributed by atoms with Crippen LogP contribution in [0.1, 0.15) is 0 Å². The molecule has 2 heterocycles. The van der Waals surface area contributed by atoms with Crippen LogP contribution in [0.5, 0.6) is 5.75 Å². The van der Waals surface area contributed by atoms with Gasteiger partial charge in [0.05, 0.1) is 5.69 Å². The first-order valence-corrected chi connectivity index (χ1v) is 10.1. The predicted octanol–water partition coefficient (Wildman–Crippen LogP) is 4.48. The topological polar surface area (TPSA) is 81.4 Å². The van der Waals surface area contributed by atoms with Gasteiger partial charge in [-0.15, -0.1) is 10.2 Å². The third-order valence-corrected chi connectivity index (χ3v) is 4.93. The molecule has 1 amide bonds. The van der Waals surface area contributed by atoms with E-state index in [1.807, 2.05) is 91.0 Å². The van der Waals surface area contributed by atoms with Gasteiger partial charge >= 0.3 is 0 Å². The Morgan fingerprint density at radius 1 is 0.875 bits per heavy atom. The molecule has 5 rings (SSSR count). The number of carbonyl (C=O) groups is 1. The van der Waals surface area contributed by atoms with Crippen molar-refractivity contribution in [2.75, 3.05) is 11.9 Å². The number of aromatic nitrogens is 4. The van der Waals surface area contributed by atoms with E-state index in [2.05, 4.69) is 20.6 Å². The second-order valence-corrected chi connectivity index (χ2v) is 7.13. The van der Waals surface area contributed by atoms with Crippen molar-refractivity contribution in [1.29, 1.82) is 0 Å². The van der Waals surface area contributed by atoms with Crippen molar-refractivity contribution in [2.45, 2.75) is 0 Å². The van der Waals surface area contributed by atoms with E-state index in [9.17, 15) is 4.79 Å². The molecule has 0 fully saturated rings. The fourth-order valence-corrected chi connectivity index (χ4v) is 3.43. The van der Waals surface area contributed by atoms with E-state index in [1.165, 1.54) is 0 Å². The molecule has 0 aliphatic rings. The van der Waals surface area contributed by atoms with Crippen LogP contribution in [0, 0.1) is 0 Å². The van der Waals surface area contributed by atoms with Gasteiger partial charge in [0.25, 0.3) is 5.91 Å². The standard InChI is InChI=1S/C25H19N5O2/c31-25(16-32-23-12-5-4-11-21(23)18-7-2-1-3-8-18)27-20-10-6-9-19(15-20)22-13-14-24-28-26-17-30(24)29-22/h1-15,17H,16H2,(H,27,31). The van der Waals surface area contributed by atoms with E-state index in [4.69, 9.17) is 4.74 Å². The molecule has 0 atom stereocenters.